The van der Waals surface area contributed by atoms with Gasteiger partial charge in [-0.1, -0.05) is 11.3 Å². The molecule has 0 bridgehead atoms. The van der Waals surface area contributed by atoms with Crippen LogP contribution in [0.4, 0.5) is 10.8 Å². The van der Waals surface area contributed by atoms with Crippen molar-refractivity contribution in [3.05, 3.63) is 29.3 Å². The van der Waals surface area contributed by atoms with E-state index in [9.17, 15) is 13.2 Å². The molecule has 1 aromatic heterocycles. The zero-order valence-corrected chi connectivity index (χ0v) is 16.6. The van der Waals surface area contributed by atoms with Crippen LogP contribution < -0.4 is 15.8 Å². The highest BCUT2D eigenvalue weighted by Crippen LogP contribution is 2.29. The molecule has 10 heteroatoms. The summed E-state index contributed by atoms with van der Waals surface area (Å²) in [6, 6.07) is 6.08. The number of sulfonamides is 1. The molecule has 1 fully saturated rings. The number of anilines is 2. The van der Waals surface area contributed by atoms with Gasteiger partial charge in [0.2, 0.25) is 11.0 Å². The van der Waals surface area contributed by atoms with Crippen molar-refractivity contribution in [1.29, 1.82) is 0 Å². The lowest BCUT2D eigenvalue weighted by atomic mass is 9.81. The second-order valence-electron chi connectivity index (χ2n) is 6.70. The van der Waals surface area contributed by atoms with E-state index in [0.717, 1.165) is 37.0 Å². The van der Waals surface area contributed by atoms with E-state index in [0.29, 0.717) is 23.2 Å². The number of rotatable bonds is 6. The molecule has 1 aromatic carbocycles. The number of amides is 1. The second kappa shape index (κ2) is 8.32. The fourth-order valence-corrected chi connectivity index (χ4v) is 4.96. The maximum absolute atomic E-state index is 12.4. The minimum absolute atomic E-state index is 0.0153. The largest absolute Gasteiger partial charge is 0.330 e. The van der Waals surface area contributed by atoms with E-state index < -0.39 is 10.0 Å². The summed E-state index contributed by atoms with van der Waals surface area (Å²) in [5, 5.41) is 11.3. The Morgan fingerprint density at radius 2 is 1.85 bits per heavy atom. The van der Waals surface area contributed by atoms with Gasteiger partial charge in [0, 0.05) is 11.6 Å². The molecule has 1 amide bonds. The molecule has 4 N–H and O–H groups in total. The highest BCUT2D eigenvalue weighted by Gasteiger charge is 2.25. The SMILES string of the molecule is Cc1nnc(NS(=O)(=O)c2ccc(NC(=O)[C@H]3CC[C@H](CN)CC3)cc2)s1. The summed E-state index contributed by atoms with van der Waals surface area (Å²) in [5.41, 5.74) is 6.26. The van der Waals surface area contributed by atoms with Crippen molar-refractivity contribution in [2.45, 2.75) is 37.5 Å². The Bertz CT molecular complexity index is 888. The van der Waals surface area contributed by atoms with Gasteiger partial charge in [-0.2, -0.15) is 0 Å². The van der Waals surface area contributed by atoms with Gasteiger partial charge in [0.1, 0.15) is 5.01 Å². The third kappa shape index (κ3) is 5.02. The molecule has 3 rings (SSSR count). The molecule has 0 aliphatic heterocycles. The Balaban J connectivity index is 1.60. The summed E-state index contributed by atoms with van der Waals surface area (Å²) in [6.07, 6.45) is 3.63. The number of aryl methyl sites for hydroxylation is 1. The predicted octanol–water partition coefficient (Wildman–Crippen LogP) is 2.35. The number of nitrogens with two attached hydrogens (primary N) is 1. The number of carbonyl (C=O) groups is 1. The van der Waals surface area contributed by atoms with Gasteiger partial charge in [0.05, 0.1) is 4.90 Å². The van der Waals surface area contributed by atoms with Crippen molar-refractivity contribution < 1.29 is 13.2 Å². The first-order valence-corrected chi connectivity index (χ1v) is 11.1. The van der Waals surface area contributed by atoms with Crippen LogP contribution in [0, 0.1) is 18.8 Å². The first-order chi connectivity index (χ1) is 12.9. The van der Waals surface area contributed by atoms with E-state index in [2.05, 4.69) is 20.2 Å². The maximum Gasteiger partial charge on any atom is 0.263 e. The molecule has 0 radical (unpaired) electrons. The van der Waals surface area contributed by atoms with Crippen molar-refractivity contribution in [2.75, 3.05) is 16.6 Å². The van der Waals surface area contributed by atoms with Crippen LogP contribution in [0.25, 0.3) is 0 Å². The van der Waals surface area contributed by atoms with Gasteiger partial charge in [-0.05, 0) is 69.3 Å². The standard InChI is InChI=1S/C17H23N5O3S2/c1-11-20-21-17(26-11)22-27(24,25)15-8-6-14(7-9-15)19-16(23)13-4-2-12(10-18)3-5-13/h6-9,12-13H,2-5,10,18H2,1H3,(H,19,23)(H,21,22)/t12-,13-. The van der Waals surface area contributed by atoms with Gasteiger partial charge in [-0.25, -0.2) is 8.42 Å². The third-order valence-corrected chi connectivity index (χ3v) is 6.97. The van der Waals surface area contributed by atoms with Crippen LogP contribution >= 0.6 is 11.3 Å². The van der Waals surface area contributed by atoms with Crippen LogP contribution in [0.2, 0.25) is 0 Å². The lowest BCUT2D eigenvalue weighted by molar-refractivity contribution is -0.121. The zero-order chi connectivity index (χ0) is 19.4. The minimum atomic E-state index is -3.74. The van der Waals surface area contributed by atoms with Gasteiger partial charge in [-0.3, -0.25) is 9.52 Å². The lowest BCUT2D eigenvalue weighted by Crippen LogP contribution is -2.29. The number of nitrogens with one attached hydrogen (secondary N) is 2. The van der Waals surface area contributed by atoms with Gasteiger partial charge in [0.25, 0.3) is 10.0 Å². The van der Waals surface area contributed by atoms with Gasteiger partial charge in [-0.15, -0.1) is 10.2 Å². The molecule has 0 saturated heterocycles. The first-order valence-electron chi connectivity index (χ1n) is 8.81. The Labute approximate surface area is 162 Å². The Kier molecular flexibility index (Phi) is 6.08. The molecule has 0 spiro atoms. The quantitative estimate of drug-likeness (QED) is 0.672. The highest BCUT2D eigenvalue weighted by atomic mass is 32.2. The maximum atomic E-state index is 12.4. The molecule has 1 saturated carbocycles. The summed E-state index contributed by atoms with van der Waals surface area (Å²) in [4.78, 5) is 12.5. The molecular formula is C17H23N5O3S2. The summed E-state index contributed by atoms with van der Waals surface area (Å²) in [7, 11) is -3.74. The number of benzene rings is 1. The summed E-state index contributed by atoms with van der Waals surface area (Å²) >= 11 is 1.16. The van der Waals surface area contributed by atoms with Crippen molar-refractivity contribution in [3.8, 4) is 0 Å². The third-order valence-electron chi connectivity index (χ3n) is 4.73. The number of carbonyl (C=O) groups excluding carboxylic acids is 1. The van der Waals surface area contributed by atoms with E-state index >= 15 is 0 Å². The summed E-state index contributed by atoms with van der Waals surface area (Å²) in [6.45, 7) is 2.42. The molecule has 27 heavy (non-hydrogen) atoms. The number of hydrogen-bond acceptors (Lipinski definition) is 7. The smallest absolute Gasteiger partial charge is 0.263 e. The Hall–Kier alpha value is -2.04. The monoisotopic (exact) mass is 409 g/mol. The predicted molar refractivity (Wildman–Crippen MR) is 105 cm³/mol. The van der Waals surface area contributed by atoms with Crippen molar-refractivity contribution in [3.63, 3.8) is 0 Å². The molecule has 1 heterocycles. The van der Waals surface area contributed by atoms with Crippen LogP contribution in [0.3, 0.4) is 0 Å². The summed E-state index contributed by atoms with van der Waals surface area (Å²) < 4.78 is 27.2. The topological polar surface area (TPSA) is 127 Å². The van der Waals surface area contributed by atoms with Crippen LogP contribution in [-0.4, -0.2) is 31.1 Å². The second-order valence-corrected chi connectivity index (χ2v) is 9.56. The number of nitrogens with zero attached hydrogens (tertiary/aromatic N) is 2. The van der Waals surface area contributed by atoms with E-state index in [1.165, 1.54) is 12.1 Å². The van der Waals surface area contributed by atoms with E-state index in [-0.39, 0.29) is 21.9 Å². The average molecular weight is 410 g/mol. The van der Waals surface area contributed by atoms with Crippen molar-refractivity contribution >= 4 is 38.1 Å². The van der Waals surface area contributed by atoms with E-state index in [1.54, 1.807) is 19.1 Å². The van der Waals surface area contributed by atoms with Crippen LogP contribution in [0.15, 0.2) is 29.2 Å². The molecule has 2 aromatic rings. The van der Waals surface area contributed by atoms with E-state index in [1.807, 2.05) is 0 Å². The van der Waals surface area contributed by atoms with Crippen LogP contribution in [0.5, 0.6) is 0 Å². The van der Waals surface area contributed by atoms with Crippen molar-refractivity contribution in [2.24, 2.45) is 17.6 Å². The Morgan fingerprint density at radius 3 is 2.41 bits per heavy atom. The van der Waals surface area contributed by atoms with Crippen LogP contribution in [-0.2, 0) is 14.8 Å². The molecule has 1 aliphatic rings. The molecular weight excluding hydrogens is 386 g/mol. The molecule has 146 valence electrons. The Morgan fingerprint density at radius 1 is 1.19 bits per heavy atom. The van der Waals surface area contributed by atoms with Crippen molar-refractivity contribution in [1.82, 2.24) is 10.2 Å². The minimum Gasteiger partial charge on any atom is -0.330 e. The van der Waals surface area contributed by atoms with Gasteiger partial charge < -0.3 is 11.1 Å². The zero-order valence-electron chi connectivity index (χ0n) is 15.0. The van der Waals surface area contributed by atoms with E-state index in [4.69, 9.17) is 5.73 Å². The number of hydrogen-bond donors (Lipinski definition) is 3. The molecule has 8 nitrogen and oxygen atoms in total. The molecule has 1 aliphatic carbocycles. The first kappa shape index (κ1) is 19.7. The average Bonchev–Trinajstić information content (AvgIpc) is 3.06. The summed E-state index contributed by atoms with van der Waals surface area (Å²) in [5.74, 6) is 0.477. The fraction of sp³-hybridized carbons (Fsp3) is 0.471. The lowest BCUT2D eigenvalue weighted by Gasteiger charge is -2.26. The normalized spacial score (nSPS) is 20.2. The molecule has 0 unspecified atom stereocenters. The highest BCUT2D eigenvalue weighted by molar-refractivity contribution is 7.93. The van der Waals surface area contributed by atoms with Crippen LogP contribution in [0.1, 0.15) is 30.7 Å². The van der Waals surface area contributed by atoms with Gasteiger partial charge in [0.15, 0.2) is 0 Å². The fourth-order valence-electron chi connectivity index (χ4n) is 3.13. The number of aromatic nitrogens is 2. The molecule has 0 atom stereocenters. The van der Waals surface area contributed by atoms with Gasteiger partial charge >= 0.3 is 0 Å².